The number of guanidine groups is 1. The Hall–Kier alpha value is -3.61. The summed E-state index contributed by atoms with van der Waals surface area (Å²) < 4.78 is 13.3. The van der Waals surface area contributed by atoms with Crippen molar-refractivity contribution in [3.63, 3.8) is 0 Å². The lowest BCUT2D eigenvalue weighted by molar-refractivity contribution is 0.0959. The zero-order chi connectivity index (χ0) is 28.2. The topological polar surface area (TPSA) is 118 Å². The number of likely N-dealkylation sites (tertiary alicyclic amines) is 1. The van der Waals surface area contributed by atoms with Gasteiger partial charge >= 0.3 is 0 Å². The number of hydrogen-bond acceptors (Lipinski definition) is 6. The highest BCUT2D eigenvalue weighted by atomic mass is 19.1. The first kappa shape index (κ1) is 29.9. The molecular formula is C30H38FN5O3. The number of nitrogens with one attached hydrogen (secondary N) is 2. The third-order valence-electron chi connectivity index (χ3n) is 7.14. The number of ketones is 2. The molecule has 1 aliphatic heterocycles. The Kier molecular flexibility index (Phi) is 11.6. The van der Waals surface area contributed by atoms with Crippen molar-refractivity contribution in [2.75, 3.05) is 31.6 Å². The molecule has 1 heterocycles. The van der Waals surface area contributed by atoms with Gasteiger partial charge in [-0.15, -0.1) is 0 Å². The number of Topliss-reactive ketones (excluding diaryl/α,β-unsaturated/α-hetero) is 2. The fourth-order valence-corrected chi connectivity index (χ4v) is 5.11. The lowest BCUT2D eigenvalue weighted by Gasteiger charge is -2.40. The quantitative estimate of drug-likeness (QED) is 0.0911. The normalized spacial score (nSPS) is 17.9. The summed E-state index contributed by atoms with van der Waals surface area (Å²) in [7, 11) is 0. The Balaban J connectivity index is 1.63. The van der Waals surface area contributed by atoms with E-state index < -0.39 is 0 Å². The first-order valence-corrected chi connectivity index (χ1v) is 13.5. The summed E-state index contributed by atoms with van der Waals surface area (Å²) in [5.74, 6) is 0.216. The molecule has 1 saturated heterocycles. The molecule has 1 aliphatic rings. The second-order valence-corrected chi connectivity index (χ2v) is 10.1. The van der Waals surface area contributed by atoms with Gasteiger partial charge in [-0.05, 0) is 101 Å². The number of nitrogens with zero attached hydrogens (tertiary/aromatic N) is 3. The van der Waals surface area contributed by atoms with Crippen molar-refractivity contribution in [3.05, 3.63) is 65.0 Å². The maximum Gasteiger partial charge on any atom is 0.209 e. The molecule has 0 amide bonds. The van der Waals surface area contributed by atoms with E-state index in [9.17, 15) is 24.3 Å². The number of aliphatic imine (C=N–C) groups is 1. The molecule has 1 fully saturated rings. The average molecular weight is 536 g/mol. The van der Waals surface area contributed by atoms with Crippen LogP contribution in [0.5, 0.6) is 0 Å². The predicted octanol–water partition coefficient (Wildman–Crippen LogP) is 4.56. The van der Waals surface area contributed by atoms with E-state index in [-0.39, 0.29) is 30.0 Å². The SMILES string of the molecule is CC(=O)c1cc(NC(=NCCC[C@H]2C[C@H](Cc3ccc(F)cc3)CCN2CCCO)NC#N)cc(C(C)=O)c1. The van der Waals surface area contributed by atoms with Gasteiger partial charge in [0.1, 0.15) is 5.82 Å². The number of aliphatic hydroxyl groups is 1. The number of aliphatic hydroxyl groups excluding tert-OH is 1. The number of rotatable bonds is 12. The first-order valence-electron chi connectivity index (χ1n) is 13.5. The fourth-order valence-electron chi connectivity index (χ4n) is 5.11. The molecule has 3 rings (SSSR count). The number of halogens is 1. The molecule has 2 aromatic rings. The third kappa shape index (κ3) is 9.57. The van der Waals surface area contributed by atoms with Crippen LogP contribution in [0.15, 0.2) is 47.5 Å². The summed E-state index contributed by atoms with van der Waals surface area (Å²) in [6, 6.07) is 11.9. The Labute approximate surface area is 229 Å². The molecular weight excluding hydrogens is 497 g/mol. The monoisotopic (exact) mass is 535 g/mol. The molecule has 0 spiro atoms. The van der Waals surface area contributed by atoms with E-state index >= 15 is 0 Å². The van der Waals surface area contributed by atoms with E-state index in [2.05, 4.69) is 20.5 Å². The van der Waals surface area contributed by atoms with Crippen LogP contribution in [0, 0.1) is 23.2 Å². The van der Waals surface area contributed by atoms with Crippen molar-refractivity contribution in [1.82, 2.24) is 10.2 Å². The van der Waals surface area contributed by atoms with Crippen LogP contribution in [0.25, 0.3) is 0 Å². The lowest BCUT2D eigenvalue weighted by atomic mass is 9.84. The highest BCUT2D eigenvalue weighted by molar-refractivity contribution is 6.03. The van der Waals surface area contributed by atoms with Crippen molar-refractivity contribution >= 4 is 23.2 Å². The van der Waals surface area contributed by atoms with Crippen LogP contribution in [0.4, 0.5) is 10.1 Å². The van der Waals surface area contributed by atoms with Gasteiger partial charge in [-0.3, -0.25) is 19.9 Å². The van der Waals surface area contributed by atoms with Gasteiger partial charge in [-0.1, -0.05) is 12.1 Å². The van der Waals surface area contributed by atoms with Gasteiger partial charge in [0.15, 0.2) is 17.8 Å². The molecule has 0 aromatic heterocycles. The maximum absolute atomic E-state index is 13.3. The van der Waals surface area contributed by atoms with E-state index in [1.807, 2.05) is 18.3 Å². The van der Waals surface area contributed by atoms with Crippen LogP contribution in [-0.2, 0) is 6.42 Å². The first-order chi connectivity index (χ1) is 18.8. The van der Waals surface area contributed by atoms with Crippen LogP contribution in [-0.4, -0.2) is 59.8 Å². The van der Waals surface area contributed by atoms with Crippen LogP contribution >= 0.6 is 0 Å². The minimum absolute atomic E-state index is 0.163. The standard InChI is InChI=1S/C30H38FN5O3/c1-21(38)25-17-26(22(2)39)19-28(18-25)35-30(34-20-32)33-11-3-5-29-16-24(10-13-36(29)12-4-14-37)15-23-6-8-27(31)9-7-23/h6-9,17-19,24,29,37H,3-5,10-16H2,1-2H3,(H2,33,34,35)/t24-,29-/m0/s1. The van der Waals surface area contributed by atoms with Gasteiger partial charge in [0.2, 0.25) is 5.96 Å². The number of benzene rings is 2. The zero-order valence-corrected chi connectivity index (χ0v) is 22.8. The van der Waals surface area contributed by atoms with Gasteiger partial charge in [0, 0.05) is 42.6 Å². The summed E-state index contributed by atoms with van der Waals surface area (Å²) >= 11 is 0. The molecule has 2 atom stereocenters. The van der Waals surface area contributed by atoms with Crippen molar-refractivity contribution in [3.8, 4) is 6.19 Å². The van der Waals surface area contributed by atoms with Crippen molar-refractivity contribution in [1.29, 1.82) is 5.26 Å². The molecule has 8 nitrogen and oxygen atoms in total. The molecule has 208 valence electrons. The second kappa shape index (κ2) is 15.1. The number of carbonyl (C=O) groups excluding carboxylic acids is 2. The molecule has 0 saturated carbocycles. The highest BCUT2D eigenvalue weighted by Crippen LogP contribution is 2.29. The molecule has 3 N–H and O–H groups in total. The number of carbonyl (C=O) groups is 2. The van der Waals surface area contributed by atoms with E-state index in [0.29, 0.717) is 35.3 Å². The van der Waals surface area contributed by atoms with Crippen LogP contribution < -0.4 is 10.6 Å². The Morgan fingerprint density at radius 1 is 1.13 bits per heavy atom. The molecule has 0 radical (unpaired) electrons. The Morgan fingerprint density at radius 2 is 1.82 bits per heavy atom. The maximum atomic E-state index is 13.3. The average Bonchev–Trinajstić information content (AvgIpc) is 2.91. The summed E-state index contributed by atoms with van der Waals surface area (Å²) in [6.45, 7) is 5.33. The van der Waals surface area contributed by atoms with Crippen molar-refractivity contribution in [2.24, 2.45) is 10.9 Å². The van der Waals surface area contributed by atoms with Gasteiger partial charge in [-0.2, -0.15) is 5.26 Å². The summed E-state index contributed by atoms with van der Waals surface area (Å²) in [6.07, 6.45) is 7.35. The van der Waals surface area contributed by atoms with Crippen LogP contribution in [0.1, 0.15) is 72.2 Å². The molecule has 0 unspecified atom stereocenters. The third-order valence-corrected chi connectivity index (χ3v) is 7.14. The van der Waals surface area contributed by atoms with Gasteiger partial charge < -0.3 is 15.3 Å². The van der Waals surface area contributed by atoms with Gasteiger partial charge in [-0.25, -0.2) is 4.39 Å². The van der Waals surface area contributed by atoms with Gasteiger partial charge in [0.25, 0.3) is 0 Å². The van der Waals surface area contributed by atoms with Crippen molar-refractivity contribution < 1.29 is 19.1 Å². The Bertz CT molecular complexity index is 1160. The minimum Gasteiger partial charge on any atom is -0.396 e. The summed E-state index contributed by atoms with van der Waals surface area (Å²) in [4.78, 5) is 30.8. The van der Waals surface area contributed by atoms with E-state index in [1.54, 1.807) is 18.2 Å². The Morgan fingerprint density at radius 3 is 2.44 bits per heavy atom. The van der Waals surface area contributed by atoms with Gasteiger partial charge in [0.05, 0.1) is 0 Å². The number of anilines is 1. The fraction of sp³-hybridized carbons (Fsp3) is 0.467. The van der Waals surface area contributed by atoms with E-state index in [0.717, 1.165) is 57.2 Å². The largest absolute Gasteiger partial charge is 0.396 e. The van der Waals surface area contributed by atoms with E-state index in [1.165, 1.54) is 26.0 Å². The highest BCUT2D eigenvalue weighted by Gasteiger charge is 2.27. The predicted molar refractivity (Wildman–Crippen MR) is 150 cm³/mol. The number of piperidine rings is 1. The minimum atomic E-state index is -0.221. The van der Waals surface area contributed by atoms with Crippen LogP contribution in [0.2, 0.25) is 0 Å². The molecule has 39 heavy (non-hydrogen) atoms. The number of hydrogen-bond donors (Lipinski definition) is 3. The zero-order valence-electron chi connectivity index (χ0n) is 22.8. The summed E-state index contributed by atoms with van der Waals surface area (Å²) in [5.41, 5.74) is 2.45. The van der Waals surface area contributed by atoms with E-state index in [4.69, 9.17) is 0 Å². The molecule has 9 heteroatoms. The van der Waals surface area contributed by atoms with Crippen molar-refractivity contribution in [2.45, 2.75) is 58.4 Å². The summed E-state index contributed by atoms with van der Waals surface area (Å²) in [5, 5.41) is 24.1. The number of nitriles is 1. The lowest BCUT2D eigenvalue weighted by Crippen LogP contribution is -2.43. The molecule has 0 aliphatic carbocycles. The second-order valence-electron chi connectivity index (χ2n) is 10.1. The van der Waals surface area contributed by atoms with Crippen LogP contribution in [0.3, 0.4) is 0 Å². The smallest absolute Gasteiger partial charge is 0.209 e. The molecule has 0 bridgehead atoms. The molecule has 2 aromatic carbocycles.